The van der Waals surface area contributed by atoms with Crippen molar-refractivity contribution in [3.8, 4) is 17.1 Å². The quantitative estimate of drug-likeness (QED) is 0.332. The molecule has 7 heteroatoms. The Morgan fingerprint density at radius 3 is 2.44 bits per heavy atom. The minimum absolute atomic E-state index is 0.0398. The van der Waals surface area contributed by atoms with Gasteiger partial charge in [-0.3, -0.25) is 4.79 Å². The standard InChI is InChI=1S/C27H28N4O2S/c1-20-12-14-22(15-13-20)18-28-25(32)19-34-27-30-29-26(23-10-6-7-11-24(23)33-2)31(27)17-16-21-8-4-3-5-9-21/h3-15H,16-19H2,1-2H3,(H,28,32). The molecule has 0 aliphatic rings. The summed E-state index contributed by atoms with van der Waals surface area (Å²) in [5, 5.41) is 12.6. The molecule has 4 aromatic rings. The van der Waals surface area contributed by atoms with Crippen LogP contribution in [0.3, 0.4) is 0 Å². The number of benzene rings is 3. The van der Waals surface area contributed by atoms with E-state index in [1.54, 1.807) is 7.11 Å². The average Bonchev–Trinajstić information content (AvgIpc) is 3.29. The Bertz CT molecular complexity index is 1220. The highest BCUT2D eigenvalue weighted by Gasteiger charge is 2.18. The lowest BCUT2D eigenvalue weighted by molar-refractivity contribution is -0.118. The molecule has 0 aliphatic heterocycles. The van der Waals surface area contributed by atoms with Crippen LogP contribution in [0.25, 0.3) is 11.4 Å². The Hall–Kier alpha value is -3.58. The zero-order valence-electron chi connectivity index (χ0n) is 19.4. The molecule has 0 saturated heterocycles. The van der Waals surface area contributed by atoms with Crippen LogP contribution < -0.4 is 10.1 Å². The van der Waals surface area contributed by atoms with Gasteiger partial charge in [-0.15, -0.1) is 10.2 Å². The number of hydrogen-bond acceptors (Lipinski definition) is 5. The number of carbonyl (C=O) groups excluding carboxylic acids is 1. The van der Waals surface area contributed by atoms with E-state index in [0.29, 0.717) is 18.2 Å². The fourth-order valence-corrected chi connectivity index (χ4v) is 4.39. The number of rotatable bonds is 10. The third kappa shape index (κ3) is 6.05. The number of ether oxygens (including phenoxy) is 1. The first-order valence-corrected chi connectivity index (χ1v) is 12.2. The molecule has 1 N–H and O–H groups in total. The molecule has 6 nitrogen and oxygen atoms in total. The van der Waals surface area contributed by atoms with Crippen LogP contribution in [0.5, 0.6) is 5.75 Å². The van der Waals surface area contributed by atoms with E-state index in [4.69, 9.17) is 4.74 Å². The highest BCUT2D eigenvalue weighted by atomic mass is 32.2. The molecular weight excluding hydrogens is 444 g/mol. The SMILES string of the molecule is COc1ccccc1-c1nnc(SCC(=O)NCc2ccc(C)cc2)n1CCc1ccccc1. The van der Waals surface area contributed by atoms with Crippen molar-refractivity contribution in [2.75, 3.05) is 12.9 Å². The largest absolute Gasteiger partial charge is 0.496 e. The van der Waals surface area contributed by atoms with Gasteiger partial charge in [0.15, 0.2) is 11.0 Å². The number of para-hydroxylation sites is 1. The Balaban J connectivity index is 1.48. The predicted molar refractivity (Wildman–Crippen MR) is 136 cm³/mol. The molecule has 1 amide bonds. The molecule has 0 saturated carbocycles. The summed E-state index contributed by atoms with van der Waals surface area (Å²) >= 11 is 1.39. The molecule has 174 valence electrons. The van der Waals surface area contributed by atoms with Gasteiger partial charge in [0.05, 0.1) is 18.4 Å². The highest BCUT2D eigenvalue weighted by molar-refractivity contribution is 7.99. The summed E-state index contributed by atoms with van der Waals surface area (Å²) in [6.07, 6.45) is 0.828. The van der Waals surface area contributed by atoms with Crippen molar-refractivity contribution < 1.29 is 9.53 Å². The number of nitrogens with zero attached hydrogens (tertiary/aromatic N) is 3. The van der Waals surface area contributed by atoms with Crippen molar-refractivity contribution in [1.82, 2.24) is 20.1 Å². The summed E-state index contributed by atoms with van der Waals surface area (Å²) in [5.74, 6) is 1.70. The van der Waals surface area contributed by atoms with E-state index in [-0.39, 0.29) is 11.7 Å². The van der Waals surface area contributed by atoms with E-state index in [1.165, 1.54) is 22.9 Å². The van der Waals surface area contributed by atoms with Gasteiger partial charge in [-0.1, -0.05) is 84.1 Å². The molecule has 0 radical (unpaired) electrons. The minimum atomic E-state index is -0.0398. The topological polar surface area (TPSA) is 69.0 Å². The van der Waals surface area contributed by atoms with Crippen LogP contribution >= 0.6 is 11.8 Å². The van der Waals surface area contributed by atoms with E-state index in [1.807, 2.05) is 73.7 Å². The molecule has 4 rings (SSSR count). The van der Waals surface area contributed by atoms with Gasteiger partial charge in [-0.25, -0.2) is 0 Å². The molecule has 1 aromatic heterocycles. The van der Waals surface area contributed by atoms with Gasteiger partial charge in [-0.2, -0.15) is 0 Å². The van der Waals surface area contributed by atoms with Gasteiger partial charge >= 0.3 is 0 Å². The molecule has 0 atom stereocenters. The maximum absolute atomic E-state index is 12.5. The summed E-state index contributed by atoms with van der Waals surface area (Å²) in [6, 6.07) is 26.2. The van der Waals surface area contributed by atoms with Gasteiger partial charge in [0.2, 0.25) is 5.91 Å². The number of thioether (sulfide) groups is 1. The van der Waals surface area contributed by atoms with Crippen LogP contribution in [-0.2, 0) is 24.3 Å². The minimum Gasteiger partial charge on any atom is -0.496 e. The number of aryl methyl sites for hydroxylation is 2. The Labute approximate surface area is 204 Å². The average molecular weight is 473 g/mol. The molecule has 34 heavy (non-hydrogen) atoms. The molecule has 0 aliphatic carbocycles. The van der Waals surface area contributed by atoms with Crippen LogP contribution in [0, 0.1) is 6.92 Å². The molecule has 0 spiro atoms. The summed E-state index contributed by atoms with van der Waals surface area (Å²) in [7, 11) is 1.65. The number of carbonyl (C=O) groups is 1. The van der Waals surface area contributed by atoms with Gasteiger partial charge < -0.3 is 14.6 Å². The van der Waals surface area contributed by atoms with Crippen molar-refractivity contribution in [3.63, 3.8) is 0 Å². The number of aromatic nitrogens is 3. The number of methoxy groups -OCH3 is 1. The van der Waals surface area contributed by atoms with Crippen LogP contribution in [0.1, 0.15) is 16.7 Å². The van der Waals surface area contributed by atoms with Crippen LogP contribution in [-0.4, -0.2) is 33.5 Å². The Morgan fingerprint density at radius 2 is 1.68 bits per heavy atom. The molecule has 0 bridgehead atoms. The summed E-state index contributed by atoms with van der Waals surface area (Å²) < 4.78 is 7.63. The van der Waals surface area contributed by atoms with Crippen LogP contribution in [0.4, 0.5) is 0 Å². The zero-order chi connectivity index (χ0) is 23.8. The van der Waals surface area contributed by atoms with Crippen molar-refractivity contribution in [1.29, 1.82) is 0 Å². The summed E-state index contributed by atoms with van der Waals surface area (Å²) in [5.41, 5.74) is 4.38. The van der Waals surface area contributed by atoms with Gasteiger partial charge in [0.25, 0.3) is 0 Å². The maximum Gasteiger partial charge on any atom is 0.230 e. The second-order valence-electron chi connectivity index (χ2n) is 7.94. The van der Waals surface area contributed by atoms with Crippen molar-refractivity contribution >= 4 is 17.7 Å². The summed E-state index contributed by atoms with van der Waals surface area (Å²) in [4.78, 5) is 12.5. The predicted octanol–water partition coefficient (Wildman–Crippen LogP) is 4.91. The van der Waals surface area contributed by atoms with Crippen LogP contribution in [0.15, 0.2) is 84.0 Å². The lowest BCUT2D eigenvalue weighted by Crippen LogP contribution is -2.24. The maximum atomic E-state index is 12.5. The Kier molecular flexibility index (Phi) is 7.99. The van der Waals surface area contributed by atoms with E-state index in [9.17, 15) is 4.79 Å². The van der Waals surface area contributed by atoms with Gasteiger partial charge in [-0.05, 0) is 36.6 Å². The van der Waals surface area contributed by atoms with Gasteiger partial charge in [0, 0.05) is 13.1 Å². The fraction of sp³-hybridized carbons (Fsp3) is 0.222. The molecule has 3 aromatic carbocycles. The van der Waals surface area contributed by atoms with Gasteiger partial charge in [0.1, 0.15) is 5.75 Å². The molecule has 1 heterocycles. The second kappa shape index (κ2) is 11.5. The fourth-order valence-electron chi connectivity index (χ4n) is 3.60. The first-order valence-electron chi connectivity index (χ1n) is 11.2. The lowest BCUT2D eigenvalue weighted by Gasteiger charge is -2.12. The normalized spacial score (nSPS) is 10.8. The smallest absolute Gasteiger partial charge is 0.230 e. The van der Waals surface area contributed by atoms with Crippen LogP contribution in [0.2, 0.25) is 0 Å². The lowest BCUT2D eigenvalue weighted by atomic mass is 10.1. The first kappa shape index (κ1) is 23.6. The molecule has 0 fully saturated rings. The Morgan fingerprint density at radius 1 is 0.941 bits per heavy atom. The number of hydrogen-bond donors (Lipinski definition) is 1. The number of amides is 1. The molecular formula is C27H28N4O2S. The van der Waals surface area contributed by atoms with E-state index >= 15 is 0 Å². The van der Waals surface area contributed by atoms with E-state index < -0.39 is 0 Å². The zero-order valence-corrected chi connectivity index (χ0v) is 20.2. The number of nitrogens with one attached hydrogen (secondary N) is 1. The van der Waals surface area contributed by atoms with Crippen molar-refractivity contribution in [2.45, 2.75) is 31.6 Å². The third-order valence-corrected chi connectivity index (χ3v) is 6.44. The van der Waals surface area contributed by atoms with Crippen molar-refractivity contribution in [3.05, 3.63) is 95.6 Å². The van der Waals surface area contributed by atoms with E-state index in [2.05, 4.69) is 32.2 Å². The van der Waals surface area contributed by atoms with Crippen molar-refractivity contribution in [2.24, 2.45) is 0 Å². The second-order valence-corrected chi connectivity index (χ2v) is 8.89. The third-order valence-electron chi connectivity index (χ3n) is 5.47. The van der Waals surface area contributed by atoms with E-state index in [0.717, 1.165) is 29.1 Å². The first-order chi connectivity index (χ1) is 16.6. The monoisotopic (exact) mass is 472 g/mol. The highest BCUT2D eigenvalue weighted by Crippen LogP contribution is 2.31. The summed E-state index contributed by atoms with van der Waals surface area (Å²) in [6.45, 7) is 3.25. The molecule has 0 unspecified atom stereocenters.